The van der Waals surface area contributed by atoms with E-state index >= 15 is 0 Å². The maximum Gasteiger partial charge on any atom is 0.513 e. The lowest BCUT2D eigenvalue weighted by Crippen LogP contribution is -2.09. The number of hydrogen-bond acceptors (Lipinski definition) is 3. The molecule has 3 nitrogen and oxygen atoms in total. The number of hydrogen-bond donors (Lipinski definition) is 0. The van der Waals surface area contributed by atoms with Crippen molar-refractivity contribution in [1.82, 2.24) is 0 Å². The van der Waals surface area contributed by atoms with Gasteiger partial charge in [-0.15, -0.1) is 0 Å². The Labute approximate surface area is 89.3 Å². The molecule has 0 saturated carbocycles. The van der Waals surface area contributed by atoms with Crippen LogP contribution in [0.15, 0.2) is 18.7 Å². The van der Waals surface area contributed by atoms with Crippen molar-refractivity contribution in [2.24, 2.45) is 0 Å². The maximum atomic E-state index is 11.0. The zero-order chi connectivity index (χ0) is 11.4. The van der Waals surface area contributed by atoms with Gasteiger partial charge in [-0.3, -0.25) is 0 Å². The molecule has 0 aliphatic heterocycles. The molecule has 0 radical (unpaired) electrons. The molecule has 0 bridgehead atoms. The van der Waals surface area contributed by atoms with E-state index in [9.17, 15) is 4.79 Å². The number of benzene rings is 1. The van der Waals surface area contributed by atoms with Crippen molar-refractivity contribution in [2.45, 2.75) is 13.8 Å². The van der Waals surface area contributed by atoms with Crippen LogP contribution in [0.5, 0.6) is 5.75 Å². The Kier molecular flexibility index (Phi) is 3.50. The Morgan fingerprint density at radius 3 is 2.27 bits per heavy atom. The fourth-order valence-corrected chi connectivity index (χ4v) is 1.39. The van der Waals surface area contributed by atoms with Crippen LogP contribution in [0, 0.1) is 13.8 Å². The normalized spacial score (nSPS) is 9.53. The van der Waals surface area contributed by atoms with Crippen LogP contribution in [0.25, 0.3) is 6.08 Å². The zero-order valence-electron chi connectivity index (χ0n) is 9.16. The summed E-state index contributed by atoms with van der Waals surface area (Å²) in [4.78, 5) is 11.0. The van der Waals surface area contributed by atoms with E-state index in [1.807, 2.05) is 26.0 Å². The minimum absolute atomic E-state index is 0.549. The van der Waals surface area contributed by atoms with E-state index in [0.717, 1.165) is 16.7 Å². The monoisotopic (exact) mass is 206 g/mol. The predicted octanol–water partition coefficient (Wildman–Crippen LogP) is 3.09. The molecule has 15 heavy (non-hydrogen) atoms. The number of aryl methyl sites for hydroxylation is 2. The van der Waals surface area contributed by atoms with Gasteiger partial charge in [0.05, 0.1) is 7.11 Å². The van der Waals surface area contributed by atoms with Gasteiger partial charge >= 0.3 is 6.16 Å². The maximum absolute atomic E-state index is 11.0. The number of ether oxygens (including phenoxy) is 2. The van der Waals surface area contributed by atoms with Gasteiger partial charge in [-0.1, -0.05) is 12.7 Å². The van der Waals surface area contributed by atoms with Gasteiger partial charge < -0.3 is 9.47 Å². The summed E-state index contributed by atoms with van der Waals surface area (Å²) in [5.41, 5.74) is 2.77. The molecule has 0 saturated heterocycles. The van der Waals surface area contributed by atoms with Gasteiger partial charge in [-0.05, 0) is 42.7 Å². The number of methoxy groups -OCH3 is 1. The Hall–Kier alpha value is -1.77. The molecular weight excluding hydrogens is 192 g/mol. The summed E-state index contributed by atoms with van der Waals surface area (Å²) in [6.45, 7) is 7.43. The lowest BCUT2D eigenvalue weighted by atomic mass is 10.1. The molecule has 1 aromatic carbocycles. The van der Waals surface area contributed by atoms with Crippen molar-refractivity contribution < 1.29 is 14.3 Å². The van der Waals surface area contributed by atoms with E-state index in [2.05, 4.69) is 11.3 Å². The first-order valence-corrected chi connectivity index (χ1v) is 4.58. The van der Waals surface area contributed by atoms with Gasteiger partial charge in [0, 0.05) is 0 Å². The quantitative estimate of drug-likeness (QED) is 0.551. The molecular formula is C12H14O3. The SMILES string of the molecule is C=Cc1cc(C)c(OC(=O)OC)c(C)c1. The molecule has 1 aromatic rings. The van der Waals surface area contributed by atoms with Crippen LogP contribution in [0.1, 0.15) is 16.7 Å². The lowest BCUT2D eigenvalue weighted by Gasteiger charge is -2.10. The second-order valence-electron chi connectivity index (χ2n) is 3.24. The molecule has 0 aromatic heterocycles. The van der Waals surface area contributed by atoms with Gasteiger partial charge in [-0.2, -0.15) is 0 Å². The molecule has 0 unspecified atom stereocenters. The van der Waals surface area contributed by atoms with Crippen LogP contribution in [0.2, 0.25) is 0 Å². The highest BCUT2D eigenvalue weighted by Crippen LogP contribution is 2.25. The summed E-state index contributed by atoms with van der Waals surface area (Å²) in [7, 11) is 1.28. The van der Waals surface area contributed by atoms with Gasteiger partial charge in [0.25, 0.3) is 0 Å². The topological polar surface area (TPSA) is 35.5 Å². The molecule has 0 heterocycles. The van der Waals surface area contributed by atoms with E-state index in [1.54, 1.807) is 6.08 Å². The van der Waals surface area contributed by atoms with E-state index in [1.165, 1.54) is 7.11 Å². The molecule has 0 aliphatic rings. The van der Waals surface area contributed by atoms with Gasteiger partial charge in [0.15, 0.2) is 0 Å². The largest absolute Gasteiger partial charge is 0.513 e. The van der Waals surface area contributed by atoms with Crippen LogP contribution in [-0.2, 0) is 4.74 Å². The second kappa shape index (κ2) is 4.64. The second-order valence-corrected chi connectivity index (χ2v) is 3.24. The van der Waals surface area contributed by atoms with Crippen molar-refractivity contribution >= 4 is 12.2 Å². The molecule has 0 fully saturated rings. The molecule has 1 rings (SSSR count). The number of rotatable bonds is 2. The Morgan fingerprint density at radius 1 is 1.33 bits per heavy atom. The highest BCUT2D eigenvalue weighted by molar-refractivity contribution is 5.66. The lowest BCUT2D eigenvalue weighted by molar-refractivity contribution is 0.121. The number of carbonyl (C=O) groups excluding carboxylic acids is 1. The van der Waals surface area contributed by atoms with Gasteiger partial charge in [0.1, 0.15) is 5.75 Å². The summed E-state index contributed by atoms with van der Waals surface area (Å²) < 4.78 is 9.47. The fourth-order valence-electron chi connectivity index (χ4n) is 1.39. The standard InChI is InChI=1S/C12H14O3/c1-5-10-6-8(2)11(9(3)7-10)15-12(13)14-4/h5-7H,1H2,2-4H3. The van der Waals surface area contributed by atoms with Crippen LogP contribution in [-0.4, -0.2) is 13.3 Å². The highest BCUT2D eigenvalue weighted by Gasteiger charge is 2.10. The molecule has 0 spiro atoms. The van der Waals surface area contributed by atoms with E-state index < -0.39 is 6.16 Å². The van der Waals surface area contributed by atoms with Crippen molar-refractivity contribution in [3.05, 3.63) is 35.4 Å². The first-order valence-electron chi connectivity index (χ1n) is 4.58. The Balaban J connectivity index is 3.08. The summed E-state index contributed by atoms with van der Waals surface area (Å²) in [6.07, 6.45) is 1.05. The molecule has 0 N–H and O–H groups in total. The average Bonchev–Trinajstić information content (AvgIpc) is 2.22. The zero-order valence-corrected chi connectivity index (χ0v) is 9.16. The van der Waals surface area contributed by atoms with Gasteiger partial charge in [-0.25, -0.2) is 4.79 Å². The summed E-state index contributed by atoms with van der Waals surface area (Å²) >= 11 is 0. The minimum Gasteiger partial charge on any atom is -0.437 e. The van der Waals surface area contributed by atoms with Crippen molar-refractivity contribution in [3.63, 3.8) is 0 Å². The van der Waals surface area contributed by atoms with Gasteiger partial charge in [0.2, 0.25) is 0 Å². The highest BCUT2D eigenvalue weighted by atomic mass is 16.7. The minimum atomic E-state index is -0.701. The first kappa shape index (κ1) is 11.3. The van der Waals surface area contributed by atoms with Crippen molar-refractivity contribution in [1.29, 1.82) is 0 Å². The average molecular weight is 206 g/mol. The molecule has 3 heteroatoms. The molecule has 0 atom stereocenters. The summed E-state index contributed by atoms with van der Waals surface area (Å²) in [5, 5.41) is 0. The van der Waals surface area contributed by atoms with E-state index in [0.29, 0.717) is 5.75 Å². The third-order valence-electron chi connectivity index (χ3n) is 2.07. The fraction of sp³-hybridized carbons (Fsp3) is 0.250. The molecule has 0 amide bonds. The number of carbonyl (C=O) groups is 1. The third kappa shape index (κ3) is 2.59. The van der Waals surface area contributed by atoms with Crippen molar-refractivity contribution in [2.75, 3.05) is 7.11 Å². The van der Waals surface area contributed by atoms with Crippen LogP contribution in [0.4, 0.5) is 4.79 Å². The third-order valence-corrected chi connectivity index (χ3v) is 2.07. The summed E-state index contributed by atoms with van der Waals surface area (Å²) in [6, 6.07) is 3.80. The Bertz CT molecular complexity index is 371. The van der Waals surface area contributed by atoms with Crippen LogP contribution >= 0.6 is 0 Å². The summed E-state index contributed by atoms with van der Waals surface area (Å²) in [5.74, 6) is 0.549. The van der Waals surface area contributed by atoms with E-state index in [4.69, 9.17) is 4.74 Å². The van der Waals surface area contributed by atoms with E-state index in [-0.39, 0.29) is 0 Å². The predicted molar refractivity (Wildman–Crippen MR) is 59.0 cm³/mol. The first-order chi connectivity index (χ1) is 7.08. The smallest absolute Gasteiger partial charge is 0.437 e. The van der Waals surface area contributed by atoms with Crippen molar-refractivity contribution in [3.8, 4) is 5.75 Å². The van der Waals surface area contributed by atoms with Crippen LogP contribution in [0.3, 0.4) is 0 Å². The Morgan fingerprint density at radius 2 is 1.87 bits per heavy atom. The molecule has 80 valence electrons. The van der Waals surface area contributed by atoms with Crippen LogP contribution < -0.4 is 4.74 Å². The molecule has 0 aliphatic carbocycles.